The van der Waals surface area contributed by atoms with Gasteiger partial charge in [-0.25, -0.2) is 0 Å². The average molecular weight is 183 g/mol. The molecule has 1 atom stereocenters. The van der Waals surface area contributed by atoms with Crippen LogP contribution in [0.4, 0.5) is 0 Å². The largest absolute Gasteiger partial charge is 0.510 e. The van der Waals surface area contributed by atoms with Gasteiger partial charge in [-0.1, -0.05) is 20.3 Å². The Labute approximate surface area is 79.0 Å². The number of hydrogen-bond donors (Lipinski definition) is 1. The van der Waals surface area contributed by atoms with Crippen molar-refractivity contribution in [1.29, 1.82) is 0 Å². The molecule has 1 amide bonds. The molecule has 0 unspecified atom stereocenters. The van der Waals surface area contributed by atoms with Crippen molar-refractivity contribution in [3.63, 3.8) is 0 Å². The maximum Gasteiger partial charge on any atom is 0.253 e. The summed E-state index contributed by atoms with van der Waals surface area (Å²) in [5.41, 5.74) is 0.503. The van der Waals surface area contributed by atoms with Crippen molar-refractivity contribution in [2.45, 2.75) is 27.2 Å². The number of carbonyl (C=O) groups is 1. The van der Waals surface area contributed by atoms with Gasteiger partial charge in [0, 0.05) is 6.54 Å². The van der Waals surface area contributed by atoms with Crippen LogP contribution in [0.3, 0.4) is 0 Å². The highest BCUT2D eigenvalue weighted by molar-refractivity contribution is 5.95. The first-order valence-corrected chi connectivity index (χ1v) is 4.74. The number of aliphatic hydroxyl groups excluding tert-OH is 1. The van der Waals surface area contributed by atoms with Crippen LogP contribution in [0.5, 0.6) is 0 Å². The minimum Gasteiger partial charge on any atom is -0.510 e. The van der Waals surface area contributed by atoms with E-state index in [9.17, 15) is 9.90 Å². The highest BCUT2D eigenvalue weighted by Crippen LogP contribution is 2.18. The fourth-order valence-electron chi connectivity index (χ4n) is 1.38. The van der Waals surface area contributed by atoms with Crippen molar-refractivity contribution in [3.8, 4) is 0 Å². The quantitative estimate of drug-likeness (QED) is 0.723. The molecule has 3 heteroatoms. The van der Waals surface area contributed by atoms with Crippen LogP contribution in [0.1, 0.15) is 27.2 Å². The van der Waals surface area contributed by atoms with Gasteiger partial charge in [-0.2, -0.15) is 0 Å². The summed E-state index contributed by atoms with van der Waals surface area (Å²) in [7, 11) is 0. The molecule has 0 aromatic rings. The number of amides is 1. The van der Waals surface area contributed by atoms with Crippen LogP contribution >= 0.6 is 0 Å². The second kappa shape index (κ2) is 3.81. The summed E-state index contributed by atoms with van der Waals surface area (Å²) >= 11 is 0. The van der Waals surface area contributed by atoms with Gasteiger partial charge in [0.25, 0.3) is 5.91 Å². The molecular weight excluding hydrogens is 166 g/mol. The van der Waals surface area contributed by atoms with Crippen LogP contribution in [0.2, 0.25) is 0 Å². The molecule has 13 heavy (non-hydrogen) atoms. The molecule has 0 spiro atoms. The fourth-order valence-corrected chi connectivity index (χ4v) is 1.38. The summed E-state index contributed by atoms with van der Waals surface area (Å²) in [6, 6.07) is 0. The number of hydrogen-bond acceptors (Lipinski definition) is 2. The van der Waals surface area contributed by atoms with Crippen molar-refractivity contribution in [3.05, 3.63) is 11.3 Å². The van der Waals surface area contributed by atoms with E-state index in [0.717, 1.165) is 13.0 Å². The van der Waals surface area contributed by atoms with E-state index in [4.69, 9.17) is 0 Å². The van der Waals surface area contributed by atoms with E-state index in [1.165, 1.54) is 0 Å². The molecule has 0 aliphatic carbocycles. The Morgan fingerprint density at radius 1 is 1.62 bits per heavy atom. The van der Waals surface area contributed by atoms with Gasteiger partial charge in [0.2, 0.25) is 0 Å². The van der Waals surface area contributed by atoms with Crippen molar-refractivity contribution in [2.75, 3.05) is 13.1 Å². The molecule has 0 fully saturated rings. The van der Waals surface area contributed by atoms with Gasteiger partial charge in [-0.15, -0.1) is 0 Å². The molecule has 0 bridgehead atoms. The van der Waals surface area contributed by atoms with Crippen LogP contribution in [0.15, 0.2) is 11.3 Å². The third kappa shape index (κ3) is 2.02. The third-order valence-corrected chi connectivity index (χ3v) is 2.61. The highest BCUT2D eigenvalue weighted by Gasteiger charge is 2.27. The number of rotatable bonds is 3. The average Bonchev–Trinajstić information content (AvgIpc) is 2.34. The molecule has 1 heterocycles. The zero-order valence-electron chi connectivity index (χ0n) is 8.50. The van der Waals surface area contributed by atoms with E-state index in [1.54, 1.807) is 11.8 Å². The third-order valence-electron chi connectivity index (χ3n) is 2.61. The van der Waals surface area contributed by atoms with Crippen LogP contribution in [0, 0.1) is 5.92 Å². The summed E-state index contributed by atoms with van der Waals surface area (Å²) in [6.07, 6.45) is 1.06. The molecule has 1 aliphatic rings. The molecule has 74 valence electrons. The van der Waals surface area contributed by atoms with E-state index in [2.05, 4.69) is 13.8 Å². The molecule has 0 radical (unpaired) electrons. The molecule has 0 aromatic carbocycles. The van der Waals surface area contributed by atoms with E-state index in [-0.39, 0.29) is 11.7 Å². The summed E-state index contributed by atoms with van der Waals surface area (Å²) in [5, 5.41) is 9.34. The summed E-state index contributed by atoms with van der Waals surface area (Å²) < 4.78 is 0. The lowest BCUT2D eigenvalue weighted by atomic mass is 10.1. The monoisotopic (exact) mass is 183 g/mol. The molecule has 0 aromatic heterocycles. The van der Waals surface area contributed by atoms with E-state index < -0.39 is 0 Å². The number of aliphatic hydroxyl groups is 1. The zero-order chi connectivity index (χ0) is 10.0. The SMILES string of the molecule is CC[C@H](C)CN1CC(O)=C(C)C1=O. The lowest BCUT2D eigenvalue weighted by Crippen LogP contribution is -2.31. The zero-order valence-corrected chi connectivity index (χ0v) is 8.50. The van der Waals surface area contributed by atoms with Crippen molar-refractivity contribution < 1.29 is 9.90 Å². The molecule has 1 rings (SSSR count). The van der Waals surface area contributed by atoms with Gasteiger partial charge in [-0.3, -0.25) is 4.79 Å². The van der Waals surface area contributed by atoms with Gasteiger partial charge >= 0.3 is 0 Å². The van der Waals surface area contributed by atoms with Gasteiger partial charge < -0.3 is 10.0 Å². The number of nitrogens with zero attached hydrogens (tertiary/aromatic N) is 1. The first kappa shape index (κ1) is 10.1. The van der Waals surface area contributed by atoms with Gasteiger partial charge in [0.15, 0.2) is 0 Å². The summed E-state index contributed by atoms with van der Waals surface area (Å²) in [5.74, 6) is 0.716. The topological polar surface area (TPSA) is 40.5 Å². The minimum atomic E-state index is -0.0159. The Hall–Kier alpha value is -0.990. The van der Waals surface area contributed by atoms with E-state index >= 15 is 0 Å². The van der Waals surface area contributed by atoms with Crippen molar-refractivity contribution in [1.82, 2.24) is 4.90 Å². The number of carbonyl (C=O) groups excluding carboxylic acids is 1. The van der Waals surface area contributed by atoms with Crippen molar-refractivity contribution in [2.24, 2.45) is 5.92 Å². The molecule has 0 saturated heterocycles. The summed E-state index contributed by atoms with van der Waals surface area (Å²) in [4.78, 5) is 13.2. The van der Waals surface area contributed by atoms with E-state index in [1.807, 2.05) is 0 Å². The molecular formula is C10H17NO2. The summed E-state index contributed by atoms with van der Waals surface area (Å²) in [6.45, 7) is 7.03. The smallest absolute Gasteiger partial charge is 0.253 e. The minimum absolute atomic E-state index is 0.0159. The Morgan fingerprint density at radius 3 is 2.62 bits per heavy atom. The molecule has 3 nitrogen and oxygen atoms in total. The van der Waals surface area contributed by atoms with Crippen LogP contribution in [0.25, 0.3) is 0 Å². The van der Waals surface area contributed by atoms with Crippen LogP contribution < -0.4 is 0 Å². The second-order valence-corrected chi connectivity index (χ2v) is 3.77. The Morgan fingerprint density at radius 2 is 2.23 bits per heavy atom. The fraction of sp³-hybridized carbons (Fsp3) is 0.700. The van der Waals surface area contributed by atoms with Gasteiger partial charge in [-0.05, 0) is 12.8 Å². The lowest BCUT2D eigenvalue weighted by molar-refractivity contribution is -0.126. The maximum atomic E-state index is 11.5. The van der Waals surface area contributed by atoms with Crippen LogP contribution in [-0.2, 0) is 4.79 Å². The normalized spacial score (nSPS) is 19.9. The standard InChI is InChI=1S/C10H17NO2/c1-4-7(2)5-11-6-9(12)8(3)10(11)13/h7,12H,4-6H2,1-3H3/t7-/m0/s1. The maximum absolute atomic E-state index is 11.5. The Balaban J connectivity index is 2.55. The Bertz CT molecular complexity index is 245. The predicted molar refractivity (Wildman–Crippen MR) is 51.4 cm³/mol. The molecule has 1 aliphatic heterocycles. The first-order valence-electron chi connectivity index (χ1n) is 4.74. The van der Waals surface area contributed by atoms with Crippen LogP contribution in [-0.4, -0.2) is 29.0 Å². The van der Waals surface area contributed by atoms with Gasteiger partial charge in [0.05, 0.1) is 12.1 Å². The second-order valence-electron chi connectivity index (χ2n) is 3.77. The molecule has 1 N–H and O–H groups in total. The predicted octanol–water partition coefficient (Wildman–Crippen LogP) is 1.71. The lowest BCUT2D eigenvalue weighted by Gasteiger charge is -2.19. The highest BCUT2D eigenvalue weighted by atomic mass is 16.3. The van der Waals surface area contributed by atoms with Gasteiger partial charge in [0.1, 0.15) is 5.76 Å². The Kier molecular flexibility index (Phi) is 2.96. The van der Waals surface area contributed by atoms with Crippen molar-refractivity contribution >= 4 is 5.91 Å². The van der Waals surface area contributed by atoms with E-state index in [0.29, 0.717) is 18.0 Å². The molecule has 0 saturated carbocycles. The first-order chi connectivity index (χ1) is 6.06.